The van der Waals surface area contributed by atoms with E-state index in [-0.39, 0.29) is 29.6 Å². The summed E-state index contributed by atoms with van der Waals surface area (Å²) in [5, 5.41) is 0. The van der Waals surface area contributed by atoms with Gasteiger partial charge in [0.05, 0.1) is 11.9 Å². The number of urea groups is 1. The van der Waals surface area contributed by atoms with Gasteiger partial charge in [0.1, 0.15) is 0 Å². The maximum absolute atomic E-state index is 9.50. The van der Waals surface area contributed by atoms with Crippen molar-refractivity contribution in [3.8, 4) is 0 Å². The summed E-state index contributed by atoms with van der Waals surface area (Å²) in [6, 6.07) is -0.815. The van der Waals surface area contributed by atoms with E-state index >= 15 is 0 Å². The molecule has 0 rings (SSSR count). The van der Waals surface area contributed by atoms with E-state index in [1.807, 2.05) is 0 Å². The third-order valence-electron chi connectivity index (χ3n) is 0.139. The molecule has 0 unspecified atom stereocenters. The molecule has 2 amide bonds. The normalized spacial score (nSPS) is 6.43. The molecule has 0 saturated heterocycles. The molecule has 0 spiro atoms. The summed E-state index contributed by atoms with van der Waals surface area (Å²) in [5.41, 5.74) is 6.06. The second kappa shape index (κ2) is 6.52. The fraction of sp³-hybridized carbons (Fsp3) is 0. The van der Waals surface area contributed by atoms with Crippen LogP contribution < -0.4 is 11.2 Å². The van der Waals surface area contributed by atoms with Gasteiger partial charge in [0.15, 0.2) is 0 Å². The van der Waals surface area contributed by atoms with E-state index in [0.29, 0.717) is 0 Å². The molecule has 38 valence electrons. The molecule has 0 aromatic heterocycles. The summed E-state index contributed by atoms with van der Waals surface area (Å²) in [5.74, 6) is 0. The molecule has 3 N–H and O–H groups in total. The van der Waals surface area contributed by atoms with Crippen LogP contribution in [-0.4, -0.2) is 35.6 Å². The van der Waals surface area contributed by atoms with Gasteiger partial charge in [-0.15, -0.1) is 0 Å². The Labute approximate surface area is 67.7 Å². The fourth-order valence-electron chi connectivity index (χ4n) is 0.0380. The van der Waals surface area contributed by atoms with Gasteiger partial charge in [0.25, 0.3) is 0 Å². The van der Waals surface area contributed by atoms with E-state index < -0.39 is 6.03 Å². The second-order valence-electron chi connectivity index (χ2n) is 0.543. The van der Waals surface area contributed by atoms with Crippen LogP contribution in [0.2, 0.25) is 0 Å². The van der Waals surface area contributed by atoms with E-state index in [0.717, 1.165) is 0 Å². The average molecular weight is 134 g/mol. The van der Waals surface area contributed by atoms with E-state index in [2.05, 4.69) is 22.0 Å². The first-order chi connectivity index (χ1) is 2.77. The summed E-state index contributed by atoms with van der Waals surface area (Å²) in [6.45, 7) is 0. The molecule has 6 heteroatoms. The van der Waals surface area contributed by atoms with Gasteiger partial charge >= 0.3 is 35.6 Å². The number of carbonyl (C=O) groups is 1. The Balaban J connectivity index is 0. The second-order valence-corrected chi connectivity index (χ2v) is 0.698. The Morgan fingerprint density at radius 1 is 1.86 bits per heavy atom. The van der Waals surface area contributed by atoms with Crippen LogP contribution in [0.4, 0.5) is 4.79 Å². The van der Waals surface area contributed by atoms with Crippen molar-refractivity contribution in [1.82, 2.24) is 5.48 Å². The monoisotopic (exact) mass is 134 g/mol. The van der Waals surface area contributed by atoms with Crippen molar-refractivity contribution in [2.45, 2.75) is 0 Å². The third kappa shape index (κ3) is 10.8. The van der Waals surface area contributed by atoms with Crippen LogP contribution in [0.25, 0.3) is 0 Å². The molecule has 0 fully saturated rings. The molecule has 0 aliphatic heterocycles. The summed E-state index contributed by atoms with van der Waals surface area (Å²) in [4.78, 5) is 9.50. The predicted molar refractivity (Wildman–Crippen MR) is 26.8 cm³/mol. The van der Waals surface area contributed by atoms with Gasteiger partial charge in [0.2, 0.25) is 0 Å². The van der Waals surface area contributed by atoms with Gasteiger partial charge in [0, 0.05) is 0 Å². The van der Waals surface area contributed by atoms with Crippen LogP contribution in [0.1, 0.15) is 0 Å². The zero-order valence-corrected chi connectivity index (χ0v) is 3.53. The topological polar surface area (TPSA) is 64.4 Å². The van der Waals surface area contributed by atoms with Gasteiger partial charge in [-0.25, -0.2) is 4.79 Å². The Bertz CT molecular complexity index is 59.7. The Hall–Kier alpha value is 0.520. The first kappa shape index (κ1) is 10.5. The SMILES string of the molecule is NC(=O)NOCl.[NaH]. The molecule has 0 aliphatic carbocycles. The van der Waals surface area contributed by atoms with E-state index in [4.69, 9.17) is 0 Å². The summed E-state index contributed by atoms with van der Waals surface area (Å²) >= 11 is 4.48. The van der Waals surface area contributed by atoms with Crippen LogP contribution >= 0.6 is 11.9 Å². The molecule has 0 heterocycles. The number of primary amides is 1. The van der Waals surface area contributed by atoms with Crippen molar-refractivity contribution < 1.29 is 9.18 Å². The van der Waals surface area contributed by atoms with Crippen LogP contribution in [-0.2, 0) is 4.39 Å². The molecule has 0 atom stereocenters. The number of carbonyl (C=O) groups excluding carboxylic acids is 1. The molecule has 0 bridgehead atoms. The number of rotatable bonds is 1. The molecule has 0 aliphatic rings. The van der Waals surface area contributed by atoms with Crippen molar-refractivity contribution in [3.63, 3.8) is 0 Å². The van der Waals surface area contributed by atoms with E-state index in [9.17, 15) is 4.79 Å². The van der Waals surface area contributed by atoms with Crippen molar-refractivity contribution in [1.29, 1.82) is 0 Å². The number of nitrogens with two attached hydrogens (primary N) is 1. The molecule has 0 aromatic rings. The Morgan fingerprint density at radius 2 is 2.29 bits per heavy atom. The van der Waals surface area contributed by atoms with Gasteiger partial charge in [-0.2, -0.15) is 9.87 Å². The van der Waals surface area contributed by atoms with Gasteiger partial charge in [-0.3, -0.25) is 0 Å². The predicted octanol–water partition coefficient (Wildman–Crippen LogP) is -0.908. The minimum atomic E-state index is -0.815. The zero-order chi connectivity index (χ0) is 4.99. The van der Waals surface area contributed by atoms with Crippen LogP contribution in [0, 0.1) is 0 Å². The molecular weight excluding hydrogens is 130 g/mol. The van der Waals surface area contributed by atoms with Crippen molar-refractivity contribution in [2.24, 2.45) is 5.73 Å². The number of halogens is 1. The fourth-order valence-corrected chi connectivity index (χ4v) is 0.114. The average Bonchev–Trinajstić information content (AvgIpc) is 1.35. The van der Waals surface area contributed by atoms with Crippen LogP contribution in [0.15, 0.2) is 0 Å². The molecule has 0 radical (unpaired) electrons. The first-order valence-corrected chi connectivity index (χ1v) is 1.41. The van der Waals surface area contributed by atoms with Gasteiger partial charge in [-0.1, -0.05) is 0 Å². The molecular formula is CH4ClN2NaO2. The molecule has 0 saturated carbocycles. The van der Waals surface area contributed by atoms with Crippen molar-refractivity contribution in [3.05, 3.63) is 0 Å². The van der Waals surface area contributed by atoms with E-state index in [1.54, 1.807) is 5.48 Å². The number of amides is 2. The molecule has 7 heavy (non-hydrogen) atoms. The van der Waals surface area contributed by atoms with Gasteiger partial charge < -0.3 is 5.73 Å². The summed E-state index contributed by atoms with van der Waals surface area (Å²) < 4.78 is 3.55. The van der Waals surface area contributed by atoms with Crippen molar-refractivity contribution >= 4 is 47.5 Å². The quantitative estimate of drug-likeness (QED) is 0.360. The first-order valence-electron chi connectivity index (χ1n) is 1.10. The minimum absolute atomic E-state index is 0. The van der Waals surface area contributed by atoms with Crippen LogP contribution in [0.3, 0.4) is 0 Å². The van der Waals surface area contributed by atoms with E-state index in [1.165, 1.54) is 0 Å². The molecule has 4 nitrogen and oxygen atoms in total. The van der Waals surface area contributed by atoms with Gasteiger partial charge in [-0.05, 0) is 0 Å². The number of nitrogens with one attached hydrogen (secondary N) is 1. The Morgan fingerprint density at radius 3 is 2.29 bits per heavy atom. The standard InChI is InChI=1S/CH3ClN2O2.Na.H/c2-6-4-1(3)5;;/h(H3,3,4,5);;. The number of hydroxylamine groups is 1. The number of hydrogen-bond acceptors (Lipinski definition) is 2. The summed E-state index contributed by atoms with van der Waals surface area (Å²) in [7, 11) is 0. The molecule has 0 aromatic carbocycles. The zero-order valence-electron chi connectivity index (χ0n) is 2.77. The van der Waals surface area contributed by atoms with Crippen LogP contribution in [0.5, 0.6) is 0 Å². The van der Waals surface area contributed by atoms with Crippen molar-refractivity contribution in [2.75, 3.05) is 0 Å². The third-order valence-corrected chi connectivity index (χ3v) is 0.216. The Kier molecular flexibility index (Phi) is 9.77. The maximum atomic E-state index is 9.50. The number of hydrogen-bond donors (Lipinski definition) is 2. The summed E-state index contributed by atoms with van der Waals surface area (Å²) in [6.07, 6.45) is 0.